The number of fused-ring (bicyclic) bond motifs is 1. The summed E-state index contributed by atoms with van der Waals surface area (Å²) in [6.07, 6.45) is 0. The lowest BCUT2D eigenvalue weighted by Gasteiger charge is -2.42. The minimum atomic E-state index is -0.191. The number of nitrogens with zero attached hydrogens (tertiary/aromatic N) is 1. The molecule has 2 heteroatoms. The van der Waals surface area contributed by atoms with Gasteiger partial charge in [-0.15, -0.1) is 0 Å². The van der Waals surface area contributed by atoms with E-state index in [4.69, 9.17) is 0 Å². The highest BCUT2D eigenvalue weighted by atomic mass is 19.1. The van der Waals surface area contributed by atoms with Gasteiger partial charge < -0.3 is 4.90 Å². The third-order valence-corrected chi connectivity index (χ3v) is 5.02. The number of benzene rings is 3. The molecule has 1 nitrogen and oxygen atoms in total. The number of hydrogen-bond donors (Lipinski definition) is 0. The van der Waals surface area contributed by atoms with Gasteiger partial charge in [-0.25, -0.2) is 4.39 Å². The molecule has 4 rings (SSSR count). The fourth-order valence-corrected chi connectivity index (χ4v) is 3.83. The van der Waals surface area contributed by atoms with E-state index in [1.165, 1.54) is 16.7 Å². The lowest BCUT2D eigenvalue weighted by atomic mass is 9.79. The summed E-state index contributed by atoms with van der Waals surface area (Å²) in [5.41, 5.74) is 5.13. The molecule has 0 aromatic heterocycles. The molecule has 0 amide bonds. The van der Waals surface area contributed by atoms with E-state index in [0.29, 0.717) is 12.0 Å². The summed E-state index contributed by atoms with van der Waals surface area (Å²) in [4.78, 5) is 2.37. The van der Waals surface area contributed by atoms with E-state index in [2.05, 4.69) is 66.4 Å². The first-order chi connectivity index (χ1) is 11.7. The van der Waals surface area contributed by atoms with Gasteiger partial charge in [-0.05, 0) is 47.9 Å². The van der Waals surface area contributed by atoms with Gasteiger partial charge in [0, 0.05) is 24.2 Å². The second-order valence-corrected chi connectivity index (χ2v) is 6.43. The van der Waals surface area contributed by atoms with Crippen molar-refractivity contribution in [1.29, 1.82) is 0 Å². The molecule has 0 aliphatic carbocycles. The van der Waals surface area contributed by atoms with Crippen LogP contribution in [-0.2, 0) is 6.54 Å². The van der Waals surface area contributed by atoms with Crippen molar-refractivity contribution in [3.8, 4) is 0 Å². The summed E-state index contributed by atoms with van der Waals surface area (Å²) in [7, 11) is 0. The molecule has 0 spiro atoms. The van der Waals surface area contributed by atoms with Crippen molar-refractivity contribution in [1.82, 2.24) is 0 Å². The van der Waals surface area contributed by atoms with E-state index in [-0.39, 0.29) is 5.82 Å². The monoisotopic (exact) mass is 317 g/mol. The van der Waals surface area contributed by atoms with Crippen LogP contribution in [0.15, 0.2) is 78.9 Å². The van der Waals surface area contributed by atoms with Crippen molar-refractivity contribution in [2.75, 3.05) is 4.90 Å². The van der Waals surface area contributed by atoms with Gasteiger partial charge in [0.05, 0.1) is 0 Å². The smallest absolute Gasteiger partial charge is 0.123 e. The first-order valence-electron chi connectivity index (χ1n) is 8.39. The molecule has 1 aliphatic rings. The van der Waals surface area contributed by atoms with Crippen molar-refractivity contribution >= 4 is 5.69 Å². The van der Waals surface area contributed by atoms with Crippen LogP contribution in [0.3, 0.4) is 0 Å². The molecule has 0 saturated carbocycles. The molecule has 24 heavy (non-hydrogen) atoms. The van der Waals surface area contributed by atoms with Gasteiger partial charge in [-0.3, -0.25) is 0 Å². The molecule has 3 aromatic carbocycles. The van der Waals surface area contributed by atoms with Crippen LogP contribution in [0, 0.1) is 5.82 Å². The van der Waals surface area contributed by atoms with Gasteiger partial charge in [-0.2, -0.15) is 0 Å². The molecular weight excluding hydrogens is 297 g/mol. The van der Waals surface area contributed by atoms with Crippen LogP contribution >= 0.6 is 0 Å². The zero-order chi connectivity index (χ0) is 16.5. The first-order valence-corrected chi connectivity index (χ1v) is 8.39. The fourth-order valence-electron chi connectivity index (χ4n) is 3.83. The van der Waals surface area contributed by atoms with Gasteiger partial charge in [0.2, 0.25) is 0 Å². The fraction of sp³-hybridized carbons (Fsp3) is 0.182. The number of anilines is 1. The van der Waals surface area contributed by atoms with Gasteiger partial charge in [0.25, 0.3) is 0 Å². The summed E-state index contributed by atoms with van der Waals surface area (Å²) >= 11 is 0. The molecule has 3 aromatic rings. The molecule has 0 fully saturated rings. The third-order valence-electron chi connectivity index (χ3n) is 5.02. The van der Waals surface area contributed by atoms with Crippen molar-refractivity contribution in [3.63, 3.8) is 0 Å². The summed E-state index contributed by atoms with van der Waals surface area (Å²) < 4.78 is 13.3. The number of halogens is 1. The Hall–Kier alpha value is -2.61. The molecule has 1 aliphatic heterocycles. The highest BCUT2D eigenvalue weighted by Gasteiger charge is 2.33. The highest BCUT2D eigenvalue weighted by molar-refractivity contribution is 5.54. The molecule has 120 valence electrons. The predicted octanol–water partition coefficient (Wildman–Crippen LogP) is 5.37. The van der Waals surface area contributed by atoms with Crippen LogP contribution in [0.5, 0.6) is 0 Å². The lowest BCUT2D eigenvalue weighted by Crippen LogP contribution is -2.42. The van der Waals surface area contributed by atoms with E-state index < -0.39 is 0 Å². The maximum absolute atomic E-state index is 13.3. The Labute approximate surface area is 142 Å². The maximum atomic E-state index is 13.3. The summed E-state index contributed by atoms with van der Waals surface area (Å²) in [5, 5.41) is 0. The molecular formula is C22H20FN. The minimum absolute atomic E-state index is 0.191. The SMILES string of the molecule is C[C@H]1C(c2ccccc2)c2ccccc2CN1c1ccc(F)cc1. The van der Waals surface area contributed by atoms with Crippen LogP contribution in [0.25, 0.3) is 0 Å². The number of hydrogen-bond acceptors (Lipinski definition) is 1. The van der Waals surface area contributed by atoms with Crippen molar-refractivity contribution in [2.45, 2.75) is 25.4 Å². The summed E-state index contributed by atoms with van der Waals surface area (Å²) in [6, 6.07) is 26.5. The zero-order valence-electron chi connectivity index (χ0n) is 13.7. The quantitative estimate of drug-likeness (QED) is 0.614. The zero-order valence-corrected chi connectivity index (χ0v) is 13.7. The Balaban J connectivity index is 1.82. The van der Waals surface area contributed by atoms with Crippen molar-refractivity contribution in [3.05, 3.63) is 101 Å². The van der Waals surface area contributed by atoms with E-state index >= 15 is 0 Å². The average Bonchev–Trinajstić information content (AvgIpc) is 2.63. The van der Waals surface area contributed by atoms with Crippen LogP contribution in [-0.4, -0.2) is 6.04 Å². The Kier molecular flexibility index (Phi) is 3.81. The van der Waals surface area contributed by atoms with Gasteiger partial charge in [0.1, 0.15) is 5.82 Å². The predicted molar refractivity (Wildman–Crippen MR) is 96.8 cm³/mol. The van der Waals surface area contributed by atoms with E-state index in [1.54, 1.807) is 12.1 Å². The molecule has 0 N–H and O–H groups in total. The topological polar surface area (TPSA) is 3.24 Å². The van der Waals surface area contributed by atoms with E-state index in [0.717, 1.165) is 12.2 Å². The Morgan fingerprint density at radius 3 is 2.25 bits per heavy atom. The molecule has 0 radical (unpaired) electrons. The minimum Gasteiger partial charge on any atom is -0.364 e. The molecule has 1 unspecified atom stereocenters. The molecule has 2 atom stereocenters. The van der Waals surface area contributed by atoms with Crippen LogP contribution in [0.4, 0.5) is 10.1 Å². The van der Waals surface area contributed by atoms with Gasteiger partial charge in [-0.1, -0.05) is 54.6 Å². The normalized spacial score (nSPS) is 19.8. The van der Waals surface area contributed by atoms with Crippen LogP contribution in [0.1, 0.15) is 29.5 Å². The van der Waals surface area contributed by atoms with Crippen LogP contribution in [0.2, 0.25) is 0 Å². The number of rotatable bonds is 2. The van der Waals surface area contributed by atoms with Gasteiger partial charge in [0.15, 0.2) is 0 Å². The second kappa shape index (κ2) is 6.12. The molecule has 0 saturated heterocycles. The Morgan fingerprint density at radius 2 is 1.50 bits per heavy atom. The summed E-state index contributed by atoms with van der Waals surface area (Å²) in [6.45, 7) is 3.11. The third kappa shape index (κ3) is 2.58. The molecule has 1 heterocycles. The van der Waals surface area contributed by atoms with Gasteiger partial charge >= 0.3 is 0 Å². The Bertz CT molecular complexity index is 826. The Morgan fingerprint density at radius 1 is 0.833 bits per heavy atom. The lowest BCUT2D eigenvalue weighted by molar-refractivity contribution is 0.535. The van der Waals surface area contributed by atoms with E-state index in [1.807, 2.05) is 12.1 Å². The van der Waals surface area contributed by atoms with Crippen LogP contribution < -0.4 is 4.90 Å². The maximum Gasteiger partial charge on any atom is 0.123 e. The molecule has 0 bridgehead atoms. The largest absolute Gasteiger partial charge is 0.364 e. The summed E-state index contributed by atoms with van der Waals surface area (Å²) in [5.74, 6) is 0.115. The standard InChI is InChI=1S/C22H20FN/c1-16-22(17-7-3-2-4-8-17)21-10-6-5-9-18(21)15-24(16)20-13-11-19(23)12-14-20/h2-14,16,22H,15H2,1H3/t16-,22?/m0/s1. The van der Waals surface area contributed by atoms with Crippen molar-refractivity contribution < 1.29 is 4.39 Å². The van der Waals surface area contributed by atoms with Crippen molar-refractivity contribution in [2.24, 2.45) is 0 Å². The van der Waals surface area contributed by atoms with E-state index in [9.17, 15) is 4.39 Å². The second-order valence-electron chi connectivity index (χ2n) is 6.43. The first kappa shape index (κ1) is 14.9. The highest BCUT2D eigenvalue weighted by Crippen LogP contribution is 2.39. The average molecular weight is 317 g/mol.